The second-order valence-electron chi connectivity index (χ2n) is 4.72. The summed E-state index contributed by atoms with van der Waals surface area (Å²) in [7, 11) is 0. The second kappa shape index (κ2) is 5.56. The van der Waals surface area contributed by atoms with Crippen molar-refractivity contribution in [2.24, 2.45) is 16.1 Å². The Morgan fingerprint density at radius 3 is 2.24 bits per heavy atom. The van der Waals surface area contributed by atoms with Crippen LogP contribution in [0.25, 0.3) is 6.08 Å². The van der Waals surface area contributed by atoms with Crippen LogP contribution in [0, 0.1) is 5.41 Å². The van der Waals surface area contributed by atoms with E-state index in [4.69, 9.17) is 28.9 Å². The van der Waals surface area contributed by atoms with Gasteiger partial charge in [0.15, 0.2) is 0 Å². The maximum atomic E-state index is 6.02. The fourth-order valence-electron chi connectivity index (χ4n) is 1.06. The molecule has 0 aliphatic heterocycles. The highest BCUT2D eigenvalue weighted by Gasteiger charge is 2.14. The van der Waals surface area contributed by atoms with Crippen molar-refractivity contribution in [3.63, 3.8) is 0 Å². The molecular weight excluding hydrogens is 255 g/mol. The van der Waals surface area contributed by atoms with Gasteiger partial charge in [-0.1, -0.05) is 50.0 Å². The Balaban J connectivity index is 2.93. The lowest BCUT2D eigenvalue weighted by Crippen LogP contribution is -2.28. The molecule has 0 radical (unpaired) electrons. The maximum absolute atomic E-state index is 6.02. The summed E-state index contributed by atoms with van der Waals surface area (Å²) >= 11 is 12.0. The van der Waals surface area contributed by atoms with Gasteiger partial charge in [0.2, 0.25) is 0 Å². The summed E-state index contributed by atoms with van der Waals surface area (Å²) in [5.41, 5.74) is 6.43. The average molecular weight is 271 g/mol. The molecule has 2 N–H and O–H groups in total. The van der Waals surface area contributed by atoms with Crippen molar-refractivity contribution in [1.82, 2.24) is 0 Å². The lowest BCUT2D eigenvalue weighted by molar-refractivity contribution is 0.585. The third-order valence-corrected chi connectivity index (χ3v) is 2.88. The molecule has 1 rings (SSSR count). The lowest BCUT2D eigenvalue weighted by atomic mass is 9.95. The fraction of sp³-hybridized carbons (Fsp3) is 0.308. The zero-order valence-electron chi connectivity index (χ0n) is 10.2. The number of benzene rings is 1. The molecule has 2 nitrogen and oxygen atoms in total. The number of rotatable bonds is 2. The number of nitrogens with two attached hydrogens (primary N) is 1. The minimum Gasteiger partial charge on any atom is -0.387 e. The molecule has 92 valence electrons. The molecule has 0 aliphatic carbocycles. The molecule has 1 aromatic rings. The van der Waals surface area contributed by atoms with E-state index >= 15 is 0 Å². The van der Waals surface area contributed by atoms with Crippen LogP contribution in [0.3, 0.4) is 0 Å². The monoisotopic (exact) mass is 270 g/mol. The Hall–Kier alpha value is -0.990. The van der Waals surface area contributed by atoms with Crippen LogP contribution in [-0.4, -0.2) is 5.84 Å². The number of hydrogen-bond donors (Lipinski definition) is 1. The van der Waals surface area contributed by atoms with Crippen molar-refractivity contribution in [2.45, 2.75) is 20.8 Å². The first-order valence-corrected chi connectivity index (χ1v) is 6.02. The van der Waals surface area contributed by atoms with E-state index in [2.05, 4.69) is 4.99 Å². The maximum Gasteiger partial charge on any atom is 0.104 e. The molecule has 1 aromatic carbocycles. The van der Waals surface area contributed by atoms with Gasteiger partial charge in [-0.05, 0) is 18.2 Å². The van der Waals surface area contributed by atoms with Gasteiger partial charge in [-0.15, -0.1) is 0 Å². The first-order chi connectivity index (χ1) is 7.82. The van der Waals surface area contributed by atoms with E-state index in [-0.39, 0.29) is 5.41 Å². The molecule has 0 heterocycles. The van der Waals surface area contributed by atoms with Gasteiger partial charge in [0, 0.05) is 27.2 Å². The normalized spacial score (nSPS) is 13.4. The number of amidine groups is 1. The van der Waals surface area contributed by atoms with Crippen molar-refractivity contribution in [1.29, 1.82) is 0 Å². The van der Waals surface area contributed by atoms with Crippen molar-refractivity contribution in [2.75, 3.05) is 0 Å². The van der Waals surface area contributed by atoms with Crippen LogP contribution in [0.2, 0.25) is 10.0 Å². The van der Waals surface area contributed by atoms with Gasteiger partial charge in [-0.2, -0.15) is 0 Å². The molecule has 0 aromatic heterocycles. The summed E-state index contributed by atoms with van der Waals surface area (Å²) in [4.78, 5) is 4.17. The summed E-state index contributed by atoms with van der Waals surface area (Å²) in [6.07, 6.45) is 3.37. The lowest BCUT2D eigenvalue weighted by Gasteiger charge is -2.16. The number of nitrogens with zero attached hydrogens (tertiary/aromatic N) is 1. The van der Waals surface area contributed by atoms with E-state index in [9.17, 15) is 0 Å². The largest absolute Gasteiger partial charge is 0.387 e. The van der Waals surface area contributed by atoms with Crippen LogP contribution in [0.1, 0.15) is 26.3 Å². The van der Waals surface area contributed by atoms with Gasteiger partial charge in [-0.25, -0.2) is 4.99 Å². The van der Waals surface area contributed by atoms with Gasteiger partial charge < -0.3 is 5.73 Å². The van der Waals surface area contributed by atoms with Crippen LogP contribution in [-0.2, 0) is 0 Å². The minimum atomic E-state index is -0.144. The van der Waals surface area contributed by atoms with Gasteiger partial charge in [-0.3, -0.25) is 0 Å². The number of hydrogen-bond acceptors (Lipinski definition) is 1. The average Bonchev–Trinajstić information content (AvgIpc) is 2.20. The smallest absolute Gasteiger partial charge is 0.104 e. The Labute approximate surface area is 112 Å². The molecule has 0 atom stereocenters. The van der Waals surface area contributed by atoms with Crippen molar-refractivity contribution in [3.8, 4) is 0 Å². The Morgan fingerprint density at radius 1 is 1.24 bits per heavy atom. The highest BCUT2D eigenvalue weighted by molar-refractivity contribution is 6.37. The summed E-state index contributed by atoms with van der Waals surface area (Å²) < 4.78 is 0. The zero-order chi connectivity index (χ0) is 13.1. The third-order valence-electron chi connectivity index (χ3n) is 2.22. The van der Waals surface area contributed by atoms with E-state index in [0.29, 0.717) is 15.9 Å². The Morgan fingerprint density at radius 2 is 1.76 bits per heavy atom. The van der Waals surface area contributed by atoms with Crippen LogP contribution in [0.5, 0.6) is 0 Å². The second-order valence-corrected chi connectivity index (χ2v) is 5.53. The van der Waals surface area contributed by atoms with Crippen LogP contribution >= 0.6 is 23.2 Å². The number of halogens is 2. The van der Waals surface area contributed by atoms with Crippen LogP contribution in [0.15, 0.2) is 29.4 Å². The van der Waals surface area contributed by atoms with Crippen molar-refractivity contribution >= 4 is 35.1 Å². The zero-order valence-corrected chi connectivity index (χ0v) is 11.7. The fourth-order valence-corrected chi connectivity index (χ4v) is 1.58. The molecule has 0 unspecified atom stereocenters. The highest BCUT2D eigenvalue weighted by atomic mass is 35.5. The SMILES string of the molecule is CC(C)(C)C(N)=N/C=C/c1c(Cl)cccc1Cl. The summed E-state index contributed by atoms with van der Waals surface area (Å²) in [6.45, 7) is 6.01. The standard InChI is InChI=1S/C13H16Cl2N2/c1-13(2,3)12(16)17-8-7-9-10(14)5-4-6-11(9)15/h4-8H,1-3H3,(H2,16,17)/b8-7+. The predicted octanol–water partition coefficient (Wildman–Crippen LogP) is 4.37. The van der Waals surface area contributed by atoms with Crippen molar-refractivity contribution < 1.29 is 0 Å². The topological polar surface area (TPSA) is 38.4 Å². The molecule has 0 amide bonds. The summed E-state index contributed by atoms with van der Waals surface area (Å²) in [6, 6.07) is 5.36. The molecule has 4 heteroatoms. The quantitative estimate of drug-likeness (QED) is 0.629. The van der Waals surface area contributed by atoms with Crippen LogP contribution in [0.4, 0.5) is 0 Å². The van der Waals surface area contributed by atoms with E-state index < -0.39 is 0 Å². The van der Waals surface area contributed by atoms with Gasteiger partial charge in [0.25, 0.3) is 0 Å². The van der Waals surface area contributed by atoms with E-state index in [1.165, 1.54) is 0 Å². The minimum absolute atomic E-state index is 0.144. The first-order valence-electron chi connectivity index (χ1n) is 5.26. The molecule has 0 fully saturated rings. The predicted molar refractivity (Wildman–Crippen MR) is 76.6 cm³/mol. The van der Waals surface area contributed by atoms with Gasteiger partial charge in [0.1, 0.15) is 5.84 Å². The molecule has 0 aliphatic rings. The summed E-state index contributed by atoms with van der Waals surface area (Å²) in [5, 5.41) is 1.19. The Bertz CT molecular complexity index is 437. The molecular formula is C13H16Cl2N2. The van der Waals surface area contributed by atoms with E-state index in [1.807, 2.05) is 20.8 Å². The third kappa shape index (κ3) is 4.06. The molecule has 0 saturated carbocycles. The molecule has 17 heavy (non-hydrogen) atoms. The van der Waals surface area contributed by atoms with Crippen molar-refractivity contribution in [3.05, 3.63) is 40.0 Å². The molecule has 0 spiro atoms. The first kappa shape index (κ1) is 14.1. The molecule has 0 saturated heterocycles. The van der Waals surface area contributed by atoms with E-state index in [0.717, 1.165) is 5.56 Å². The van der Waals surface area contributed by atoms with Gasteiger partial charge in [0.05, 0.1) is 0 Å². The summed E-state index contributed by atoms with van der Waals surface area (Å²) in [5.74, 6) is 0.567. The van der Waals surface area contributed by atoms with E-state index in [1.54, 1.807) is 30.5 Å². The van der Waals surface area contributed by atoms with Crippen LogP contribution < -0.4 is 5.73 Å². The van der Waals surface area contributed by atoms with Gasteiger partial charge >= 0.3 is 0 Å². The number of aliphatic imine (C=N–C) groups is 1. The highest BCUT2D eigenvalue weighted by Crippen LogP contribution is 2.25. The Kier molecular flexibility index (Phi) is 4.61. The molecule has 0 bridgehead atoms.